The van der Waals surface area contributed by atoms with Crippen LogP contribution in [-0.4, -0.2) is 0 Å². The van der Waals surface area contributed by atoms with Gasteiger partial charge in [0, 0.05) is 37.1 Å². The molecule has 0 amide bonds. The highest BCUT2D eigenvalue weighted by Crippen LogP contribution is 2.47. The van der Waals surface area contributed by atoms with Crippen LogP contribution in [0.15, 0.2) is 212 Å². The summed E-state index contributed by atoms with van der Waals surface area (Å²) in [5.41, 5.74) is 13.1. The lowest BCUT2D eigenvalue weighted by atomic mass is 9.92. The zero-order valence-electron chi connectivity index (χ0n) is 29.6. The molecule has 10 rings (SSSR count). The zero-order valence-corrected chi connectivity index (χ0v) is 30.4. The average molecular weight is 706 g/mol. The summed E-state index contributed by atoms with van der Waals surface area (Å²) in [6.45, 7) is 0. The molecule has 2 heteroatoms. The van der Waals surface area contributed by atoms with Gasteiger partial charge in [-0.1, -0.05) is 170 Å². The van der Waals surface area contributed by atoms with Gasteiger partial charge in [0.25, 0.3) is 0 Å². The molecule has 54 heavy (non-hydrogen) atoms. The lowest BCUT2D eigenvalue weighted by molar-refractivity contribution is 1.29. The predicted molar refractivity (Wildman–Crippen MR) is 233 cm³/mol. The molecule has 0 saturated carbocycles. The maximum Gasteiger partial charge on any atom is 0.0540 e. The molecule has 1 heterocycles. The van der Waals surface area contributed by atoms with E-state index in [4.69, 9.17) is 0 Å². The molecule has 0 N–H and O–H groups in total. The fourth-order valence-electron chi connectivity index (χ4n) is 7.99. The van der Waals surface area contributed by atoms with Crippen molar-refractivity contribution in [1.82, 2.24) is 0 Å². The van der Waals surface area contributed by atoms with Crippen LogP contribution in [0.2, 0.25) is 0 Å². The van der Waals surface area contributed by atoms with Gasteiger partial charge in [-0.25, -0.2) is 0 Å². The summed E-state index contributed by atoms with van der Waals surface area (Å²) in [6.07, 6.45) is 0. The largest absolute Gasteiger partial charge is 0.310 e. The smallest absolute Gasteiger partial charge is 0.0540 e. The van der Waals surface area contributed by atoms with E-state index in [9.17, 15) is 0 Å². The molecule has 0 fully saturated rings. The molecule has 1 nitrogen and oxygen atoms in total. The second-order valence-electron chi connectivity index (χ2n) is 13.7. The predicted octanol–water partition coefficient (Wildman–Crippen LogP) is 15.3. The third-order valence-electron chi connectivity index (χ3n) is 10.5. The summed E-state index contributed by atoms with van der Waals surface area (Å²) in [4.78, 5) is 2.43. The van der Waals surface area contributed by atoms with Crippen LogP contribution in [0.1, 0.15) is 0 Å². The minimum Gasteiger partial charge on any atom is -0.310 e. The normalized spacial score (nSPS) is 11.3. The Morgan fingerprint density at radius 3 is 1.67 bits per heavy atom. The van der Waals surface area contributed by atoms with Crippen molar-refractivity contribution in [3.63, 3.8) is 0 Å². The van der Waals surface area contributed by atoms with Gasteiger partial charge in [0.15, 0.2) is 0 Å². The number of fused-ring (bicyclic) bond motifs is 4. The third kappa shape index (κ3) is 5.65. The highest BCUT2D eigenvalue weighted by atomic mass is 32.1. The van der Waals surface area contributed by atoms with E-state index >= 15 is 0 Å². The third-order valence-corrected chi connectivity index (χ3v) is 11.6. The summed E-state index contributed by atoms with van der Waals surface area (Å²) in [5.74, 6) is 0. The van der Waals surface area contributed by atoms with Crippen molar-refractivity contribution in [2.24, 2.45) is 0 Å². The quantitative estimate of drug-likeness (QED) is 0.160. The molecule has 0 atom stereocenters. The maximum atomic E-state index is 2.43. The van der Waals surface area contributed by atoms with Crippen molar-refractivity contribution in [1.29, 1.82) is 0 Å². The van der Waals surface area contributed by atoms with E-state index in [2.05, 4.69) is 217 Å². The molecule has 254 valence electrons. The topological polar surface area (TPSA) is 3.24 Å². The maximum absolute atomic E-state index is 2.43. The van der Waals surface area contributed by atoms with Crippen molar-refractivity contribution in [3.05, 3.63) is 212 Å². The number of rotatable bonds is 7. The van der Waals surface area contributed by atoms with E-state index in [0.717, 1.165) is 17.1 Å². The Morgan fingerprint density at radius 2 is 0.870 bits per heavy atom. The summed E-state index contributed by atoms with van der Waals surface area (Å²) < 4.78 is 2.57. The first-order valence-corrected chi connectivity index (χ1v) is 19.2. The van der Waals surface area contributed by atoms with Gasteiger partial charge in [0.05, 0.1) is 5.69 Å². The number of thiophene rings is 1. The standard InChI is InChI=1S/C52H35NS/c1-3-15-36(16-4-1)44-22-9-10-24-46(44)47-26-14-28-51-52(47)48-35-41(33-34-50(48)54-51)53(49-27-12-11-23-45(49)38-17-5-2-6-18-38)40-31-29-39(30-32-40)43-25-13-20-37-19-7-8-21-42(37)43/h1-35H. The van der Waals surface area contributed by atoms with Crippen molar-refractivity contribution in [2.75, 3.05) is 4.90 Å². The van der Waals surface area contributed by atoms with Crippen molar-refractivity contribution >= 4 is 59.3 Å². The van der Waals surface area contributed by atoms with E-state index in [0.29, 0.717) is 0 Å². The molecule has 1 aromatic heterocycles. The second-order valence-corrected chi connectivity index (χ2v) is 14.7. The van der Waals surface area contributed by atoms with E-state index < -0.39 is 0 Å². The Kier molecular flexibility index (Phi) is 8.09. The second kappa shape index (κ2) is 13.7. The van der Waals surface area contributed by atoms with Gasteiger partial charge in [0.1, 0.15) is 0 Å². The molecule has 0 aliphatic carbocycles. The molecule has 0 spiro atoms. The minimum atomic E-state index is 1.11. The van der Waals surface area contributed by atoms with Crippen LogP contribution in [0.4, 0.5) is 17.1 Å². The van der Waals surface area contributed by atoms with Crippen molar-refractivity contribution in [2.45, 2.75) is 0 Å². The van der Waals surface area contributed by atoms with E-state index in [1.165, 1.54) is 75.5 Å². The monoisotopic (exact) mass is 705 g/mol. The number of nitrogens with zero attached hydrogens (tertiary/aromatic N) is 1. The molecular weight excluding hydrogens is 671 g/mol. The van der Waals surface area contributed by atoms with Crippen LogP contribution in [0, 0.1) is 0 Å². The Bertz CT molecular complexity index is 2920. The first kappa shape index (κ1) is 32.0. The summed E-state index contributed by atoms with van der Waals surface area (Å²) in [7, 11) is 0. The van der Waals surface area contributed by atoms with Crippen molar-refractivity contribution in [3.8, 4) is 44.5 Å². The lowest BCUT2D eigenvalue weighted by Gasteiger charge is -2.28. The Morgan fingerprint density at radius 1 is 0.315 bits per heavy atom. The van der Waals surface area contributed by atoms with E-state index in [-0.39, 0.29) is 0 Å². The van der Waals surface area contributed by atoms with Gasteiger partial charge in [0.2, 0.25) is 0 Å². The minimum absolute atomic E-state index is 1.11. The molecule has 0 saturated heterocycles. The number of hydrogen-bond donors (Lipinski definition) is 0. The summed E-state index contributed by atoms with van der Waals surface area (Å²) >= 11 is 1.87. The van der Waals surface area contributed by atoms with Gasteiger partial charge in [-0.3, -0.25) is 0 Å². The van der Waals surface area contributed by atoms with Gasteiger partial charge >= 0.3 is 0 Å². The van der Waals surface area contributed by atoms with E-state index in [1.807, 2.05) is 11.3 Å². The molecule has 10 aromatic rings. The molecule has 0 radical (unpaired) electrons. The zero-order chi connectivity index (χ0) is 35.8. The highest BCUT2D eigenvalue weighted by molar-refractivity contribution is 7.26. The molecular formula is C52H35NS. The fraction of sp³-hybridized carbons (Fsp3) is 0. The van der Waals surface area contributed by atoms with Gasteiger partial charge in [-0.15, -0.1) is 11.3 Å². The Hall–Kier alpha value is -6.74. The summed E-state index contributed by atoms with van der Waals surface area (Å²) in [6, 6.07) is 77.1. The molecule has 0 unspecified atom stereocenters. The first-order valence-electron chi connectivity index (χ1n) is 18.4. The number of benzene rings is 9. The summed E-state index contributed by atoms with van der Waals surface area (Å²) in [5, 5.41) is 5.07. The lowest BCUT2D eigenvalue weighted by Crippen LogP contribution is -2.11. The SMILES string of the molecule is c1ccc(-c2ccccc2-c2cccc3sc4ccc(N(c5ccc(-c6cccc7ccccc67)cc5)c5ccccc5-c5ccccc5)cc4c23)cc1. The van der Waals surface area contributed by atoms with Crippen molar-refractivity contribution < 1.29 is 0 Å². The van der Waals surface area contributed by atoms with Crippen LogP contribution in [0.5, 0.6) is 0 Å². The van der Waals surface area contributed by atoms with E-state index in [1.54, 1.807) is 0 Å². The Labute approximate surface area is 319 Å². The Balaban J connectivity index is 1.17. The van der Waals surface area contributed by atoms with Crippen LogP contribution in [-0.2, 0) is 0 Å². The van der Waals surface area contributed by atoms with Gasteiger partial charge in [-0.05, 0) is 92.2 Å². The van der Waals surface area contributed by atoms with Crippen LogP contribution in [0.3, 0.4) is 0 Å². The molecule has 0 bridgehead atoms. The molecule has 9 aromatic carbocycles. The van der Waals surface area contributed by atoms with Crippen LogP contribution < -0.4 is 4.90 Å². The highest BCUT2D eigenvalue weighted by Gasteiger charge is 2.20. The van der Waals surface area contributed by atoms with Crippen LogP contribution in [0.25, 0.3) is 75.5 Å². The first-order chi connectivity index (χ1) is 26.8. The van der Waals surface area contributed by atoms with Gasteiger partial charge < -0.3 is 4.90 Å². The molecule has 0 aliphatic rings. The van der Waals surface area contributed by atoms with Crippen LogP contribution >= 0.6 is 11.3 Å². The fourth-order valence-corrected chi connectivity index (χ4v) is 9.10. The molecule has 0 aliphatic heterocycles. The number of para-hydroxylation sites is 1. The number of hydrogen-bond acceptors (Lipinski definition) is 2. The average Bonchev–Trinajstić information content (AvgIpc) is 3.63. The van der Waals surface area contributed by atoms with Gasteiger partial charge in [-0.2, -0.15) is 0 Å². The number of anilines is 3.